The predicted molar refractivity (Wildman–Crippen MR) is 68.4 cm³/mol. The Morgan fingerprint density at radius 3 is 2.72 bits per heavy atom. The second kappa shape index (κ2) is 4.94. The molecule has 2 atom stereocenters. The Bertz CT molecular complexity index is 448. The third kappa shape index (κ3) is 2.46. The SMILES string of the molecule is CC1CN(C(=O)c2cncc(O)c2)CC1N(C)C. The molecule has 2 heterocycles. The molecule has 1 saturated heterocycles. The molecule has 1 fully saturated rings. The Morgan fingerprint density at radius 2 is 2.17 bits per heavy atom. The van der Waals surface area contributed by atoms with Crippen LogP contribution in [0.15, 0.2) is 18.5 Å². The Kier molecular flexibility index (Phi) is 3.52. The Balaban J connectivity index is 2.12. The summed E-state index contributed by atoms with van der Waals surface area (Å²) in [5, 5.41) is 9.36. The van der Waals surface area contributed by atoms with Gasteiger partial charge in [0.15, 0.2) is 0 Å². The maximum Gasteiger partial charge on any atom is 0.255 e. The van der Waals surface area contributed by atoms with Gasteiger partial charge in [0.2, 0.25) is 0 Å². The van der Waals surface area contributed by atoms with Gasteiger partial charge in [0.05, 0.1) is 11.8 Å². The van der Waals surface area contributed by atoms with E-state index in [9.17, 15) is 9.90 Å². The van der Waals surface area contributed by atoms with E-state index in [2.05, 4.69) is 16.8 Å². The van der Waals surface area contributed by atoms with Gasteiger partial charge < -0.3 is 14.9 Å². The van der Waals surface area contributed by atoms with Gasteiger partial charge in [-0.25, -0.2) is 0 Å². The lowest BCUT2D eigenvalue weighted by Gasteiger charge is -2.22. The molecule has 0 bridgehead atoms. The lowest BCUT2D eigenvalue weighted by molar-refractivity contribution is 0.0780. The quantitative estimate of drug-likeness (QED) is 0.842. The zero-order valence-corrected chi connectivity index (χ0v) is 11.0. The average molecular weight is 249 g/mol. The van der Waals surface area contributed by atoms with Crippen molar-refractivity contribution in [3.8, 4) is 5.75 Å². The smallest absolute Gasteiger partial charge is 0.255 e. The maximum absolute atomic E-state index is 12.3. The first-order valence-electron chi connectivity index (χ1n) is 6.08. The highest BCUT2D eigenvalue weighted by molar-refractivity contribution is 5.94. The van der Waals surface area contributed by atoms with Gasteiger partial charge in [-0.2, -0.15) is 0 Å². The Morgan fingerprint density at radius 1 is 1.44 bits per heavy atom. The van der Waals surface area contributed by atoms with Crippen LogP contribution in [-0.2, 0) is 0 Å². The Labute approximate surface area is 107 Å². The molecule has 0 aromatic carbocycles. The lowest BCUT2D eigenvalue weighted by Crippen LogP contribution is -2.35. The normalized spacial score (nSPS) is 23.7. The molecular formula is C13H19N3O2. The van der Waals surface area contributed by atoms with Gasteiger partial charge in [-0.3, -0.25) is 9.78 Å². The highest BCUT2D eigenvalue weighted by Gasteiger charge is 2.34. The van der Waals surface area contributed by atoms with Crippen molar-refractivity contribution in [3.05, 3.63) is 24.0 Å². The molecule has 2 unspecified atom stereocenters. The summed E-state index contributed by atoms with van der Waals surface area (Å²) in [6.45, 7) is 3.62. The summed E-state index contributed by atoms with van der Waals surface area (Å²) >= 11 is 0. The van der Waals surface area contributed by atoms with Gasteiger partial charge in [0.25, 0.3) is 5.91 Å². The fourth-order valence-corrected chi connectivity index (χ4v) is 2.51. The molecule has 0 aliphatic carbocycles. The van der Waals surface area contributed by atoms with Gasteiger partial charge in [0.1, 0.15) is 5.75 Å². The van der Waals surface area contributed by atoms with Crippen LogP contribution >= 0.6 is 0 Å². The molecule has 0 saturated carbocycles. The van der Waals surface area contributed by atoms with E-state index in [4.69, 9.17) is 0 Å². The van der Waals surface area contributed by atoms with Crippen molar-refractivity contribution in [2.45, 2.75) is 13.0 Å². The first-order chi connectivity index (χ1) is 8.49. The van der Waals surface area contributed by atoms with E-state index in [-0.39, 0.29) is 11.7 Å². The minimum absolute atomic E-state index is 0.0252. The van der Waals surface area contributed by atoms with Crippen molar-refractivity contribution in [3.63, 3.8) is 0 Å². The molecule has 1 aromatic heterocycles. The van der Waals surface area contributed by atoms with Crippen LogP contribution in [0.1, 0.15) is 17.3 Å². The summed E-state index contributed by atoms with van der Waals surface area (Å²) in [4.78, 5) is 20.1. The third-order valence-corrected chi connectivity index (χ3v) is 3.49. The molecule has 1 N–H and O–H groups in total. The minimum atomic E-state index is -0.0606. The molecule has 5 heteroatoms. The van der Waals surface area contributed by atoms with E-state index in [0.29, 0.717) is 17.5 Å². The highest BCUT2D eigenvalue weighted by Crippen LogP contribution is 2.22. The summed E-state index contributed by atoms with van der Waals surface area (Å²) in [5.74, 6) is 0.418. The number of carbonyl (C=O) groups is 1. The molecule has 0 spiro atoms. The summed E-state index contributed by atoms with van der Waals surface area (Å²) in [6.07, 6.45) is 2.82. The van der Waals surface area contributed by atoms with Crippen molar-refractivity contribution >= 4 is 5.91 Å². The largest absolute Gasteiger partial charge is 0.506 e. The number of aromatic hydroxyl groups is 1. The van der Waals surface area contributed by atoms with Crippen LogP contribution < -0.4 is 0 Å². The van der Waals surface area contributed by atoms with Crippen molar-refractivity contribution < 1.29 is 9.90 Å². The summed E-state index contributed by atoms with van der Waals surface area (Å²) in [5.41, 5.74) is 0.446. The van der Waals surface area contributed by atoms with E-state index in [1.807, 2.05) is 19.0 Å². The van der Waals surface area contributed by atoms with E-state index in [1.165, 1.54) is 18.5 Å². The number of rotatable bonds is 2. The number of amides is 1. The van der Waals surface area contributed by atoms with Gasteiger partial charge >= 0.3 is 0 Å². The maximum atomic E-state index is 12.3. The summed E-state index contributed by atoms with van der Waals surface area (Å²) in [7, 11) is 4.07. The van der Waals surface area contributed by atoms with Crippen LogP contribution in [0.2, 0.25) is 0 Å². The monoisotopic (exact) mass is 249 g/mol. The number of likely N-dealkylation sites (tertiary alicyclic amines) is 1. The molecule has 1 aromatic rings. The number of pyridine rings is 1. The predicted octanol–water partition coefficient (Wildman–Crippen LogP) is 0.809. The Hall–Kier alpha value is -1.62. The van der Waals surface area contributed by atoms with Gasteiger partial charge in [-0.05, 0) is 26.1 Å². The number of hydrogen-bond donors (Lipinski definition) is 1. The lowest BCUT2D eigenvalue weighted by atomic mass is 10.1. The minimum Gasteiger partial charge on any atom is -0.506 e. The van der Waals surface area contributed by atoms with Crippen LogP contribution in [0.3, 0.4) is 0 Å². The van der Waals surface area contributed by atoms with E-state index in [0.717, 1.165) is 13.1 Å². The highest BCUT2D eigenvalue weighted by atomic mass is 16.3. The first-order valence-corrected chi connectivity index (χ1v) is 6.08. The van der Waals surface area contributed by atoms with E-state index >= 15 is 0 Å². The fourth-order valence-electron chi connectivity index (χ4n) is 2.51. The molecule has 1 amide bonds. The number of aromatic nitrogens is 1. The van der Waals surface area contributed by atoms with Crippen LogP contribution in [0.4, 0.5) is 0 Å². The van der Waals surface area contributed by atoms with Gasteiger partial charge in [-0.1, -0.05) is 6.92 Å². The van der Waals surface area contributed by atoms with Crippen LogP contribution in [0.5, 0.6) is 5.75 Å². The van der Waals surface area contributed by atoms with Crippen LogP contribution in [-0.4, -0.2) is 59.0 Å². The third-order valence-electron chi connectivity index (χ3n) is 3.49. The molecule has 1 aliphatic heterocycles. The number of nitrogens with zero attached hydrogens (tertiary/aromatic N) is 3. The number of hydrogen-bond acceptors (Lipinski definition) is 4. The second-order valence-corrected chi connectivity index (χ2v) is 5.15. The van der Waals surface area contributed by atoms with E-state index < -0.39 is 0 Å². The van der Waals surface area contributed by atoms with Crippen LogP contribution in [0, 0.1) is 5.92 Å². The van der Waals surface area contributed by atoms with Crippen LogP contribution in [0.25, 0.3) is 0 Å². The summed E-state index contributed by atoms with van der Waals surface area (Å²) < 4.78 is 0. The molecule has 98 valence electrons. The molecule has 5 nitrogen and oxygen atoms in total. The van der Waals surface area contributed by atoms with Crippen molar-refractivity contribution in [1.82, 2.24) is 14.8 Å². The zero-order chi connectivity index (χ0) is 13.3. The summed E-state index contributed by atoms with van der Waals surface area (Å²) in [6, 6.07) is 1.85. The van der Waals surface area contributed by atoms with Crippen molar-refractivity contribution in [2.75, 3.05) is 27.2 Å². The molecule has 1 aliphatic rings. The standard InChI is InChI=1S/C13H19N3O2/c1-9-7-16(8-12(9)15(2)3)13(18)10-4-11(17)6-14-5-10/h4-6,9,12,17H,7-8H2,1-3H3. The van der Waals surface area contributed by atoms with E-state index in [1.54, 1.807) is 0 Å². The second-order valence-electron chi connectivity index (χ2n) is 5.15. The average Bonchev–Trinajstić information content (AvgIpc) is 2.70. The number of carbonyl (C=O) groups excluding carboxylic acids is 1. The van der Waals surface area contributed by atoms with Crippen molar-refractivity contribution in [1.29, 1.82) is 0 Å². The molecule has 0 radical (unpaired) electrons. The van der Waals surface area contributed by atoms with Crippen molar-refractivity contribution in [2.24, 2.45) is 5.92 Å². The molecule has 18 heavy (non-hydrogen) atoms. The molecular weight excluding hydrogens is 230 g/mol. The van der Waals surface area contributed by atoms with Gasteiger partial charge in [-0.15, -0.1) is 0 Å². The molecule has 2 rings (SSSR count). The van der Waals surface area contributed by atoms with Gasteiger partial charge in [0, 0.05) is 25.3 Å². The first kappa shape index (κ1) is 12.8. The topological polar surface area (TPSA) is 56.7 Å². The zero-order valence-electron chi connectivity index (χ0n) is 11.0. The number of likely N-dealkylation sites (N-methyl/N-ethyl adjacent to an activating group) is 1. The fraction of sp³-hybridized carbons (Fsp3) is 0.538.